The van der Waals surface area contributed by atoms with Gasteiger partial charge in [-0.25, -0.2) is 26.7 Å². The van der Waals surface area contributed by atoms with E-state index < -0.39 is 21.7 Å². The van der Waals surface area contributed by atoms with Gasteiger partial charge < -0.3 is 9.42 Å². The van der Waals surface area contributed by atoms with Crippen LogP contribution < -0.4 is 9.62 Å². The lowest BCUT2D eigenvalue weighted by atomic mass is 9.99. The lowest BCUT2D eigenvalue weighted by molar-refractivity contribution is 0.216. The number of anilines is 1. The van der Waals surface area contributed by atoms with Gasteiger partial charge in [0.05, 0.1) is 29.3 Å². The molecule has 2 amide bonds. The van der Waals surface area contributed by atoms with Gasteiger partial charge in [-0.1, -0.05) is 30.3 Å². The van der Waals surface area contributed by atoms with Crippen LogP contribution in [0.3, 0.4) is 0 Å². The summed E-state index contributed by atoms with van der Waals surface area (Å²) in [5.74, 6) is -1.46. The predicted octanol–water partition coefficient (Wildman–Crippen LogP) is 3.34. The molecule has 3 heterocycles. The van der Waals surface area contributed by atoms with E-state index in [1.54, 1.807) is 30.0 Å². The Morgan fingerprint density at radius 2 is 1.85 bits per heavy atom. The molecule has 8 nitrogen and oxygen atoms in total. The Balaban J connectivity index is 1.52. The van der Waals surface area contributed by atoms with Crippen LogP contribution in [-0.4, -0.2) is 55.4 Å². The predicted molar refractivity (Wildman–Crippen MR) is 118 cm³/mol. The van der Waals surface area contributed by atoms with Crippen molar-refractivity contribution < 1.29 is 26.5 Å². The van der Waals surface area contributed by atoms with Crippen molar-refractivity contribution in [3.8, 4) is 11.1 Å². The van der Waals surface area contributed by atoms with Gasteiger partial charge in [0.1, 0.15) is 11.6 Å². The van der Waals surface area contributed by atoms with Crippen LogP contribution in [0, 0.1) is 17.6 Å². The van der Waals surface area contributed by atoms with Gasteiger partial charge in [-0.15, -0.1) is 0 Å². The molecular weight excluding hydrogens is 454 g/mol. The highest BCUT2D eigenvalue weighted by Gasteiger charge is 2.50. The number of rotatable bonds is 5. The highest BCUT2D eigenvalue weighted by atomic mass is 32.2. The van der Waals surface area contributed by atoms with E-state index >= 15 is 0 Å². The van der Waals surface area contributed by atoms with Crippen LogP contribution in [0.5, 0.6) is 0 Å². The van der Waals surface area contributed by atoms with Crippen molar-refractivity contribution in [2.24, 2.45) is 5.92 Å². The number of aromatic nitrogens is 1. The largest absolute Gasteiger partial charge is 0.354 e. The number of benzene rings is 2. The maximum atomic E-state index is 14.6. The maximum absolute atomic E-state index is 14.6. The Morgan fingerprint density at radius 3 is 2.52 bits per heavy atom. The smallest absolute Gasteiger partial charge is 0.326 e. The van der Waals surface area contributed by atoms with E-state index in [1.807, 2.05) is 6.92 Å². The lowest BCUT2D eigenvalue weighted by Crippen LogP contribution is -2.43. The van der Waals surface area contributed by atoms with Crippen LogP contribution in [0.15, 0.2) is 40.9 Å². The van der Waals surface area contributed by atoms with Gasteiger partial charge >= 0.3 is 6.03 Å². The zero-order valence-corrected chi connectivity index (χ0v) is 18.8. The van der Waals surface area contributed by atoms with Crippen LogP contribution in [-0.2, 0) is 10.0 Å². The number of hydrogen-bond acceptors (Lipinski definition) is 5. The Hall–Kier alpha value is -3.05. The van der Waals surface area contributed by atoms with Crippen LogP contribution in [0.2, 0.25) is 0 Å². The van der Waals surface area contributed by atoms with E-state index in [2.05, 4.69) is 9.88 Å². The molecule has 0 bridgehead atoms. The van der Waals surface area contributed by atoms with Crippen molar-refractivity contribution in [2.75, 3.05) is 23.7 Å². The number of hydrogen-bond donors (Lipinski definition) is 1. The fourth-order valence-corrected chi connectivity index (χ4v) is 5.65. The fourth-order valence-electron chi connectivity index (χ4n) is 4.73. The number of halogens is 2. The summed E-state index contributed by atoms with van der Waals surface area (Å²) < 4.78 is 61.2. The van der Waals surface area contributed by atoms with Crippen molar-refractivity contribution in [2.45, 2.75) is 25.9 Å². The number of carbonyl (C=O) groups excluding carboxylic acids is 1. The van der Waals surface area contributed by atoms with Crippen molar-refractivity contribution in [1.82, 2.24) is 14.8 Å². The fraction of sp³-hybridized carbons (Fsp3) is 0.364. The first-order valence-corrected chi connectivity index (χ1v) is 12.3. The first-order chi connectivity index (χ1) is 15.7. The van der Waals surface area contributed by atoms with Gasteiger partial charge in [-0.05, 0) is 31.0 Å². The standard InChI is InChI=1S/C22H22F2N4O4S/c1-3-33(30,31)26-16-10-27-17(12(16)2)11-28(22(27)29)21-20-13(6-4-9-18(20)32-25-21)19-14(23)7-5-8-15(19)24/h4-9,12,16-17,26H,3,10-11H2,1-2H3/t12-,16+,17-/m1/s1. The Morgan fingerprint density at radius 1 is 1.15 bits per heavy atom. The number of urea groups is 1. The zero-order chi connectivity index (χ0) is 23.5. The molecule has 3 atom stereocenters. The van der Waals surface area contributed by atoms with E-state index in [-0.39, 0.29) is 59.8 Å². The van der Waals surface area contributed by atoms with Crippen LogP contribution in [0.25, 0.3) is 22.1 Å². The van der Waals surface area contributed by atoms with E-state index in [4.69, 9.17) is 4.52 Å². The minimum absolute atomic E-state index is 0.0404. The van der Waals surface area contributed by atoms with Crippen LogP contribution in [0.1, 0.15) is 13.8 Å². The first kappa shape index (κ1) is 21.8. The number of nitrogens with one attached hydrogen (secondary N) is 1. The number of amides is 2. The van der Waals surface area contributed by atoms with Gasteiger partial charge in [0.15, 0.2) is 11.4 Å². The minimum Gasteiger partial charge on any atom is -0.354 e. The van der Waals surface area contributed by atoms with Crippen molar-refractivity contribution in [3.63, 3.8) is 0 Å². The monoisotopic (exact) mass is 476 g/mol. The van der Waals surface area contributed by atoms with Gasteiger partial charge in [-0.2, -0.15) is 0 Å². The topological polar surface area (TPSA) is 95.8 Å². The third-order valence-corrected chi connectivity index (χ3v) is 7.98. The average Bonchev–Trinajstić information content (AvgIpc) is 3.43. The zero-order valence-electron chi connectivity index (χ0n) is 18.0. The lowest BCUT2D eigenvalue weighted by Gasteiger charge is -2.21. The molecule has 0 radical (unpaired) electrons. The van der Waals surface area contributed by atoms with E-state index in [9.17, 15) is 22.0 Å². The van der Waals surface area contributed by atoms with Gasteiger partial charge in [0, 0.05) is 18.2 Å². The SMILES string of the molecule is CCS(=O)(=O)N[C@H]1CN2C(=O)N(c3noc4cccc(-c5c(F)cccc5F)c34)C[C@@H]2[C@@H]1C. The van der Waals surface area contributed by atoms with E-state index in [0.29, 0.717) is 11.0 Å². The van der Waals surface area contributed by atoms with E-state index in [0.717, 1.165) is 0 Å². The quantitative estimate of drug-likeness (QED) is 0.610. The molecule has 0 aliphatic carbocycles. The molecule has 5 rings (SSSR count). The summed E-state index contributed by atoms with van der Waals surface area (Å²) in [6.07, 6.45) is 0. The molecule has 2 fully saturated rings. The molecule has 2 aliphatic rings. The van der Waals surface area contributed by atoms with Gasteiger partial charge in [0.25, 0.3) is 0 Å². The molecule has 2 aliphatic heterocycles. The molecular formula is C22H22F2N4O4S. The summed E-state index contributed by atoms with van der Waals surface area (Å²) in [5.41, 5.74) is 0.314. The van der Waals surface area contributed by atoms with Crippen molar-refractivity contribution >= 4 is 32.8 Å². The molecule has 3 aromatic rings. The molecule has 1 aromatic heterocycles. The second-order valence-corrected chi connectivity index (χ2v) is 10.4. The summed E-state index contributed by atoms with van der Waals surface area (Å²) in [7, 11) is -3.41. The summed E-state index contributed by atoms with van der Waals surface area (Å²) in [4.78, 5) is 16.3. The highest BCUT2D eigenvalue weighted by Crippen LogP contribution is 2.41. The second kappa shape index (κ2) is 7.77. The number of carbonyl (C=O) groups is 1. The molecule has 33 heavy (non-hydrogen) atoms. The van der Waals surface area contributed by atoms with Crippen LogP contribution >= 0.6 is 0 Å². The Labute approximate surface area is 189 Å². The second-order valence-electron chi connectivity index (χ2n) is 8.38. The normalized spacial score (nSPS) is 23.0. The Bertz CT molecular complexity index is 1340. The van der Waals surface area contributed by atoms with Crippen LogP contribution in [0.4, 0.5) is 19.4 Å². The molecule has 2 aromatic carbocycles. The molecule has 0 spiro atoms. The Kier molecular flexibility index (Phi) is 5.13. The number of fused-ring (bicyclic) bond motifs is 2. The van der Waals surface area contributed by atoms with Gasteiger partial charge in [-0.3, -0.25) is 4.90 Å². The molecule has 0 unspecified atom stereocenters. The number of sulfonamides is 1. The van der Waals surface area contributed by atoms with Crippen molar-refractivity contribution in [1.29, 1.82) is 0 Å². The average molecular weight is 477 g/mol. The summed E-state index contributed by atoms with van der Waals surface area (Å²) in [6, 6.07) is 7.42. The maximum Gasteiger partial charge on any atom is 0.326 e. The molecule has 0 saturated carbocycles. The number of nitrogens with zero attached hydrogens (tertiary/aromatic N) is 3. The molecule has 2 saturated heterocycles. The summed E-state index contributed by atoms with van der Waals surface area (Å²) >= 11 is 0. The van der Waals surface area contributed by atoms with E-state index in [1.165, 1.54) is 23.1 Å². The molecule has 11 heteroatoms. The summed E-state index contributed by atoms with van der Waals surface area (Å²) in [5, 5.41) is 4.40. The highest BCUT2D eigenvalue weighted by molar-refractivity contribution is 7.89. The summed E-state index contributed by atoms with van der Waals surface area (Å²) in [6.45, 7) is 3.93. The first-order valence-electron chi connectivity index (χ1n) is 10.6. The van der Waals surface area contributed by atoms with Gasteiger partial charge in [0.2, 0.25) is 10.0 Å². The molecule has 174 valence electrons. The molecule has 1 N–H and O–H groups in total. The third-order valence-electron chi connectivity index (χ3n) is 6.56. The third kappa shape index (κ3) is 3.46. The van der Waals surface area contributed by atoms with Crippen molar-refractivity contribution in [3.05, 3.63) is 48.0 Å². The minimum atomic E-state index is -3.41.